The molecule has 2 fully saturated rings. The molecule has 2 aliphatic rings. The Morgan fingerprint density at radius 2 is 1.73 bits per heavy atom. The number of urea groups is 1. The topological polar surface area (TPSA) is 98.3 Å². The summed E-state index contributed by atoms with van der Waals surface area (Å²) in [5.41, 5.74) is 0.907. The van der Waals surface area contributed by atoms with Crippen LogP contribution in [0.15, 0.2) is 36.4 Å². The summed E-state index contributed by atoms with van der Waals surface area (Å²) in [5, 5.41) is 7.85. The fourth-order valence-electron chi connectivity index (χ4n) is 5.07. The number of anilines is 5. The van der Waals surface area contributed by atoms with Gasteiger partial charge in [0.05, 0.1) is 10.6 Å². The van der Waals surface area contributed by atoms with Crippen LogP contribution in [0.1, 0.15) is 36.2 Å². The number of nitrogens with one attached hydrogen (secondary N) is 3. The lowest BCUT2D eigenvalue weighted by molar-refractivity contribution is -0.137. The minimum Gasteiger partial charge on any atom is -0.338 e. The van der Waals surface area contributed by atoms with Crippen LogP contribution in [0.25, 0.3) is 0 Å². The highest BCUT2D eigenvalue weighted by atomic mass is 35.5. The molecule has 0 radical (unpaired) electrons. The fourth-order valence-corrected chi connectivity index (χ4v) is 5.30. The van der Waals surface area contributed by atoms with E-state index in [1.807, 2.05) is 13.8 Å². The van der Waals surface area contributed by atoms with Gasteiger partial charge in [0.25, 0.3) is 0 Å². The average Bonchev–Trinajstić information content (AvgIpc) is 2.90. The summed E-state index contributed by atoms with van der Waals surface area (Å²) in [7, 11) is 0. The Bertz CT molecular complexity index is 1400. The van der Waals surface area contributed by atoms with Gasteiger partial charge in [-0.05, 0) is 69.1 Å². The van der Waals surface area contributed by atoms with Crippen molar-refractivity contribution >= 4 is 46.6 Å². The van der Waals surface area contributed by atoms with E-state index in [1.165, 1.54) is 25.3 Å². The zero-order valence-electron chi connectivity index (χ0n) is 22.1. The van der Waals surface area contributed by atoms with Crippen LogP contribution in [0, 0.1) is 13.8 Å². The molecule has 3 N–H and O–H groups in total. The number of hydrogen-bond acceptors (Lipinski definition) is 7. The third-order valence-electron chi connectivity index (χ3n) is 7.13. The molecule has 2 aromatic carbocycles. The van der Waals surface area contributed by atoms with E-state index in [9.17, 15) is 18.0 Å². The molecule has 0 aliphatic carbocycles. The second-order valence-electron chi connectivity index (χ2n) is 10.1. The van der Waals surface area contributed by atoms with Crippen molar-refractivity contribution < 1.29 is 18.0 Å². The van der Waals surface area contributed by atoms with Crippen LogP contribution in [0.5, 0.6) is 0 Å². The Hall–Kier alpha value is -3.64. The van der Waals surface area contributed by atoms with Crippen molar-refractivity contribution in [2.24, 2.45) is 0 Å². The standard InChI is InChI=1S/C27H30ClF3N8O/c1-16-6-7-19(35-26(40)34-18-8-9-22(28)21(13-18)27(29,30)31)14-23(16)36-24-32-17(2)33-25(37-24)39-12-11-38-10-4-3-5-20(38)15-39/h6-9,13-14,20H,3-5,10-12,15H2,1-2H3,(H2,34,35,40)(H,32,33,36,37). The largest absolute Gasteiger partial charge is 0.417 e. The van der Waals surface area contributed by atoms with Gasteiger partial charge in [0.15, 0.2) is 0 Å². The van der Waals surface area contributed by atoms with Crippen molar-refractivity contribution in [2.45, 2.75) is 45.3 Å². The maximum absolute atomic E-state index is 13.2. The monoisotopic (exact) mass is 574 g/mol. The maximum atomic E-state index is 13.2. The second-order valence-corrected chi connectivity index (χ2v) is 10.5. The first kappa shape index (κ1) is 27.9. The number of aryl methyl sites for hydroxylation is 2. The summed E-state index contributed by atoms with van der Waals surface area (Å²) in [6.07, 6.45) is -0.960. The first-order valence-corrected chi connectivity index (χ1v) is 13.5. The molecule has 9 nitrogen and oxygen atoms in total. The molecule has 1 atom stereocenters. The Labute approximate surface area is 235 Å². The van der Waals surface area contributed by atoms with Gasteiger partial charge in [-0.3, -0.25) is 4.90 Å². The molecule has 0 bridgehead atoms. The van der Waals surface area contributed by atoms with E-state index in [2.05, 4.69) is 40.7 Å². The van der Waals surface area contributed by atoms with Crippen LogP contribution in [-0.2, 0) is 6.18 Å². The van der Waals surface area contributed by atoms with Crippen LogP contribution < -0.4 is 20.9 Å². The quantitative estimate of drug-likeness (QED) is 0.333. The molecular weight excluding hydrogens is 545 g/mol. The SMILES string of the molecule is Cc1nc(Nc2cc(NC(=O)Nc3ccc(Cl)c(C(F)(F)F)c3)ccc2C)nc(N2CCN3CCCCC3C2)n1. The lowest BCUT2D eigenvalue weighted by Gasteiger charge is -2.44. The highest BCUT2D eigenvalue weighted by molar-refractivity contribution is 6.31. The number of amides is 2. The maximum Gasteiger partial charge on any atom is 0.417 e. The summed E-state index contributed by atoms with van der Waals surface area (Å²) < 4.78 is 39.5. The van der Waals surface area contributed by atoms with Gasteiger partial charge in [-0.2, -0.15) is 28.1 Å². The van der Waals surface area contributed by atoms with Crippen molar-refractivity contribution in [1.82, 2.24) is 19.9 Å². The fraction of sp³-hybridized carbons (Fsp3) is 0.407. The summed E-state index contributed by atoms with van der Waals surface area (Å²) in [4.78, 5) is 31.0. The minimum atomic E-state index is -4.64. The van der Waals surface area contributed by atoms with Gasteiger partial charge in [-0.1, -0.05) is 24.1 Å². The van der Waals surface area contributed by atoms with Crippen molar-refractivity contribution in [3.8, 4) is 0 Å². The van der Waals surface area contributed by atoms with E-state index >= 15 is 0 Å². The first-order valence-electron chi connectivity index (χ1n) is 13.1. The molecule has 3 heterocycles. The Balaban J connectivity index is 1.28. The number of carbonyl (C=O) groups excluding carboxylic acids is 1. The number of hydrogen-bond donors (Lipinski definition) is 3. The molecule has 5 rings (SSSR count). The van der Waals surface area contributed by atoms with Gasteiger partial charge < -0.3 is 20.9 Å². The number of rotatable bonds is 5. The van der Waals surface area contributed by atoms with Crippen molar-refractivity contribution in [3.63, 3.8) is 0 Å². The van der Waals surface area contributed by atoms with Crippen LogP contribution in [0.4, 0.5) is 46.9 Å². The van der Waals surface area contributed by atoms with Gasteiger partial charge >= 0.3 is 12.2 Å². The van der Waals surface area contributed by atoms with Crippen LogP contribution >= 0.6 is 11.6 Å². The number of halogens is 4. The number of piperidine rings is 1. The van der Waals surface area contributed by atoms with Crippen molar-refractivity contribution in [2.75, 3.05) is 47.0 Å². The summed E-state index contributed by atoms with van der Waals surface area (Å²) in [6, 6.07) is 8.19. The predicted molar refractivity (Wildman–Crippen MR) is 150 cm³/mol. The third-order valence-corrected chi connectivity index (χ3v) is 7.46. The van der Waals surface area contributed by atoms with Crippen molar-refractivity contribution in [1.29, 1.82) is 0 Å². The van der Waals surface area contributed by atoms with E-state index in [0.717, 1.165) is 43.9 Å². The summed E-state index contributed by atoms with van der Waals surface area (Å²) >= 11 is 5.66. The molecule has 13 heteroatoms. The van der Waals surface area contributed by atoms with Crippen molar-refractivity contribution in [3.05, 3.63) is 58.4 Å². The molecule has 2 aliphatic heterocycles. The summed E-state index contributed by atoms with van der Waals surface area (Å²) in [5.74, 6) is 1.61. The lowest BCUT2D eigenvalue weighted by atomic mass is 10.00. The molecule has 1 unspecified atom stereocenters. The van der Waals surface area contributed by atoms with E-state index in [0.29, 0.717) is 35.1 Å². The molecule has 212 valence electrons. The van der Waals surface area contributed by atoms with Crippen LogP contribution in [-0.4, -0.2) is 58.1 Å². The molecule has 40 heavy (non-hydrogen) atoms. The van der Waals surface area contributed by atoms with Gasteiger partial charge in [-0.15, -0.1) is 0 Å². The number of piperazine rings is 1. The Kier molecular flexibility index (Phi) is 7.99. The van der Waals surface area contributed by atoms with E-state index in [-0.39, 0.29) is 5.69 Å². The lowest BCUT2D eigenvalue weighted by Crippen LogP contribution is -2.55. The molecule has 0 spiro atoms. The molecule has 2 saturated heterocycles. The van der Waals surface area contributed by atoms with E-state index in [4.69, 9.17) is 11.6 Å². The number of alkyl halides is 3. The zero-order chi connectivity index (χ0) is 28.4. The number of aromatic nitrogens is 3. The second kappa shape index (κ2) is 11.5. The van der Waals surface area contributed by atoms with Gasteiger partial charge in [-0.25, -0.2) is 4.79 Å². The smallest absolute Gasteiger partial charge is 0.338 e. The molecule has 2 amide bonds. The van der Waals surface area contributed by atoms with E-state index in [1.54, 1.807) is 18.2 Å². The van der Waals surface area contributed by atoms with Crippen LogP contribution in [0.3, 0.4) is 0 Å². The van der Waals surface area contributed by atoms with Crippen LogP contribution in [0.2, 0.25) is 5.02 Å². The number of fused-ring (bicyclic) bond motifs is 1. The van der Waals surface area contributed by atoms with Gasteiger partial charge in [0.1, 0.15) is 5.82 Å². The van der Waals surface area contributed by atoms with E-state index < -0.39 is 22.8 Å². The number of benzene rings is 2. The molecule has 3 aromatic rings. The highest BCUT2D eigenvalue weighted by Gasteiger charge is 2.33. The predicted octanol–water partition coefficient (Wildman–Crippen LogP) is 6.22. The van der Waals surface area contributed by atoms with Gasteiger partial charge in [0, 0.05) is 42.7 Å². The Morgan fingerprint density at radius 1 is 0.975 bits per heavy atom. The Morgan fingerprint density at radius 3 is 2.50 bits per heavy atom. The first-order chi connectivity index (χ1) is 19.0. The molecule has 1 aromatic heterocycles. The minimum absolute atomic E-state index is 0.0399. The highest BCUT2D eigenvalue weighted by Crippen LogP contribution is 2.36. The summed E-state index contributed by atoms with van der Waals surface area (Å²) in [6.45, 7) is 7.59. The third kappa shape index (κ3) is 6.56. The van der Waals surface area contributed by atoms with Gasteiger partial charge in [0.2, 0.25) is 11.9 Å². The molecular formula is C27H30ClF3N8O. The number of nitrogens with zero attached hydrogens (tertiary/aromatic N) is 5. The zero-order valence-corrected chi connectivity index (χ0v) is 22.9. The normalized spacial score (nSPS) is 17.8. The molecule has 0 saturated carbocycles. The average molecular weight is 575 g/mol. The number of carbonyl (C=O) groups is 1.